The molecule has 1 saturated carbocycles. The summed E-state index contributed by atoms with van der Waals surface area (Å²) in [5, 5.41) is 8.92. The van der Waals surface area contributed by atoms with Gasteiger partial charge in [-0.3, -0.25) is 9.59 Å². The van der Waals surface area contributed by atoms with E-state index in [0.717, 1.165) is 36.8 Å². The van der Waals surface area contributed by atoms with E-state index in [2.05, 4.69) is 0 Å². The van der Waals surface area contributed by atoms with Crippen LogP contribution in [0.3, 0.4) is 0 Å². The van der Waals surface area contributed by atoms with E-state index in [9.17, 15) is 9.59 Å². The van der Waals surface area contributed by atoms with Crippen molar-refractivity contribution >= 4 is 11.8 Å². The molecule has 0 radical (unpaired) electrons. The summed E-state index contributed by atoms with van der Waals surface area (Å²) in [7, 11) is 0. The number of carboxylic acids is 1. The van der Waals surface area contributed by atoms with E-state index in [-0.39, 0.29) is 5.92 Å². The number of hydrogen-bond donors (Lipinski definition) is 1. The van der Waals surface area contributed by atoms with E-state index in [0.29, 0.717) is 5.78 Å². The molecule has 0 bridgehead atoms. The SMILES string of the molecule is C[C@@H](C(=O)O)c1ccc(CC2CCCC2=O)cc1. The summed E-state index contributed by atoms with van der Waals surface area (Å²) in [5.74, 6) is -0.744. The second-order valence-electron chi connectivity index (χ2n) is 5.06. The number of carbonyl (C=O) groups is 2. The number of carboxylic acid groups (broad SMARTS) is 1. The number of Topliss-reactive ketones (excluding diaryl/α,β-unsaturated/α-hetero) is 1. The van der Waals surface area contributed by atoms with Gasteiger partial charge in [-0.1, -0.05) is 24.3 Å². The van der Waals surface area contributed by atoms with Crippen LogP contribution < -0.4 is 0 Å². The normalized spacial score (nSPS) is 20.9. The van der Waals surface area contributed by atoms with Crippen LogP contribution in [0.25, 0.3) is 0 Å². The molecule has 0 heterocycles. The minimum Gasteiger partial charge on any atom is -0.481 e. The third-order valence-corrected chi connectivity index (χ3v) is 3.76. The summed E-state index contributed by atoms with van der Waals surface area (Å²) >= 11 is 0. The summed E-state index contributed by atoms with van der Waals surface area (Å²) in [5.41, 5.74) is 1.93. The van der Waals surface area contributed by atoms with Gasteiger partial charge >= 0.3 is 5.97 Å². The van der Waals surface area contributed by atoms with Gasteiger partial charge in [-0.05, 0) is 37.3 Å². The molecule has 3 nitrogen and oxygen atoms in total. The molecule has 0 aromatic heterocycles. The first-order chi connectivity index (χ1) is 8.58. The Morgan fingerprint density at radius 3 is 2.56 bits per heavy atom. The molecule has 2 rings (SSSR count). The van der Waals surface area contributed by atoms with Gasteiger partial charge in [0.05, 0.1) is 5.92 Å². The van der Waals surface area contributed by atoms with Gasteiger partial charge in [0.2, 0.25) is 0 Å². The van der Waals surface area contributed by atoms with E-state index >= 15 is 0 Å². The Labute approximate surface area is 107 Å². The maximum atomic E-state index is 11.6. The summed E-state index contributed by atoms with van der Waals surface area (Å²) in [6.07, 6.45) is 3.52. The lowest BCUT2D eigenvalue weighted by Crippen LogP contribution is -2.10. The van der Waals surface area contributed by atoms with Crippen LogP contribution in [0.4, 0.5) is 0 Å². The van der Waals surface area contributed by atoms with Crippen LogP contribution >= 0.6 is 0 Å². The van der Waals surface area contributed by atoms with Gasteiger partial charge in [0, 0.05) is 12.3 Å². The van der Waals surface area contributed by atoms with Gasteiger partial charge < -0.3 is 5.11 Å². The van der Waals surface area contributed by atoms with Crippen molar-refractivity contribution < 1.29 is 14.7 Å². The van der Waals surface area contributed by atoms with Crippen molar-refractivity contribution in [3.8, 4) is 0 Å². The van der Waals surface area contributed by atoms with Crippen LogP contribution in [0.15, 0.2) is 24.3 Å². The second-order valence-corrected chi connectivity index (χ2v) is 5.06. The van der Waals surface area contributed by atoms with Crippen LogP contribution in [0, 0.1) is 5.92 Å². The Balaban J connectivity index is 2.03. The van der Waals surface area contributed by atoms with Gasteiger partial charge in [-0.15, -0.1) is 0 Å². The number of ketones is 1. The second kappa shape index (κ2) is 5.34. The first kappa shape index (κ1) is 12.8. The molecular formula is C15H18O3. The molecule has 1 aromatic rings. The molecule has 0 amide bonds. The van der Waals surface area contributed by atoms with Crippen LogP contribution in [0.1, 0.15) is 43.2 Å². The summed E-state index contributed by atoms with van der Waals surface area (Å²) in [6, 6.07) is 7.60. The van der Waals surface area contributed by atoms with Crippen molar-refractivity contribution in [3.05, 3.63) is 35.4 Å². The Hall–Kier alpha value is -1.64. The predicted molar refractivity (Wildman–Crippen MR) is 68.5 cm³/mol. The van der Waals surface area contributed by atoms with Crippen molar-refractivity contribution in [2.24, 2.45) is 5.92 Å². The van der Waals surface area contributed by atoms with Crippen LogP contribution in [0.5, 0.6) is 0 Å². The van der Waals surface area contributed by atoms with Crippen molar-refractivity contribution in [2.45, 2.75) is 38.5 Å². The van der Waals surface area contributed by atoms with Crippen molar-refractivity contribution in [2.75, 3.05) is 0 Å². The molecule has 0 aliphatic heterocycles. The fraction of sp³-hybridized carbons (Fsp3) is 0.467. The van der Waals surface area contributed by atoms with Crippen molar-refractivity contribution in [1.82, 2.24) is 0 Å². The van der Waals surface area contributed by atoms with E-state index in [4.69, 9.17) is 5.11 Å². The van der Waals surface area contributed by atoms with Gasteiger partial charge in [0.15, 0.2) is 0 Å². The van der Waals surface area contributed by atoms with Gasteiger partial charge in [0.25, 0.3) is 0 Å². The van der Waals surface area contributed by atoms with Crippen molar-refractivity contribution in [3.63, 3.8) is 0 Å². The number of rotatable bonds is 4. The van der Waals surface area contributed by atoms with Crippen molar-refractivity contribution in [1.29, 1.82) is 0 Å². The zero-order valence-corrected chi connectivity index (χ0v) is 10.6. The quantitative estimate of drug-likeness (QED) is 0.888. The smallest absolute Gasteiger partial charge is 0.310 e. The zero-order valence-electron chi connectivity index (χ0n) is 10.6. The first-order valence-corrected chi connectivity index (χ1v) is 6.42. The molecule has 0 saturated heterocycles. The van der Waals surface area contributed by atoms with E-state index in [1.165, 1.54) is 0 Å². The summed E-state index contributed by atoms with van der Waals surface area (Å²) in [4.78, 5) is 22.4. The Kier molecular flexibility index (Phi) is 3.80. The predicted octanol–water partition coefficient (Wildman–Crippen LogP) is 2.79. The average Bonchev–Trinajstić information content (AvgIpc) is 2.75. The standard InChI is InChI=1S/C15H18O3/c1-10(15(17)18)12-7-5-11(6-8-12)9-13-3-2-4-14(13)16/h5-8,10,13H,2-4,9H2,1H3,(H,17,18)/t10-,13?/m1/s1. The lowest BCUT2D eigenvalue weighted by Gasteiger charge is -2.10. The highest BCUT2D eigenvalue weighted by Gasteiger charge is 2.24. The lowest BCUT2D eigenvalue weighted by molar-refractivity contribution is -0.138. The largest absolute Gasteiger partial charge is 0.481 e. The molecule has 1 N–H and O–H groups in total. The molecule has 1 fully saturated rings. The van der Waals surface area contributed by atoms with Crippen LogP contribution in [0.2, 0.25) is 0 Å². The third kappa shape index (κ3) is 2.78. The number of aliphatic carboxylic acids is 1. The Morgan fingerprint density at radius 1 is 1.39 bits per heavy atom. The molecule has 1 unspecified atom stereocenters. The minimum atomic E-state index is -0.811. The highest BCUT2D eigenvalue weighted by molar-refractivity contribution is 5.83. The fourth-order valence-electron chi connectivity index (χ4n) is 2.47. The third-order valence-electron chi connectivity index (χ3n) is 3.76. The topological polar surface area (TPSA) is 54.4 Å². The zero-order chi connectivity index (χ0) is 13.1. The monoisotopic (exact) mass is 246 g/mol. The summed E-state index contributed by atoms with van der Waals surface area (Å²) in [6.45, 7) is 1.68. The summed E-state index contributed by atoms with van der Waals surface area (Å²) < 4.78 is 0. The number of benzene rings is 1. The maximum absolute atomic E-state index is 11.6. The molecule has 3 heteroatoms. The van der Waals surface area contributed by atoms with E-state index < -0.39 is 11.9 Å². The van der Waals surface area contributed by atoms with Crippen LogP contribution in [-0.2, 0) is 16.0 Å². The molecule has 1 aliphatic rings. The highest BCUT2D eigenvalue weighted by atomic mass is 16.4. The molecule has 0 spiro atoms. The molecule has 2 atom stereocenters. The fourth-order valence-corrected chi connectivity index (χ4v) is 2.47. The average molecular weight is 246 g/mol. The Bertz CT molecular complexity index is 447. The van der Waals surface area contributed by atoms with E-state index in [1.807, 2.05) is 24.3 Å². The maximum Gasteiger partial charge on any atom is 0.310 e. The molecule has 96 valence electrons. The Morgan fingerprint density at radius 2 is 2.06 bits per heavy atom. The molecule has 18 heavy (non-hydrogen) atoms. The highest BCUT2D eigenvalue weighted by Crippen LogP contribution is 2.25. The van der Waals surface area contributed by atoms with Gasteiger partial charge in [-0.2, -0.15) is 0 Å². The van der Waals surface area contributed by atoms with Gasteiger partial charge in [0.1, 0.15) is 5.78 Å². The molecule has 1 aromatic carbocycles. The number of carbonyl (C=O) groups excluding carboxylic acids is 1. The number of hydrogen-bond acceptors (Lipinski definition) is 2. The molecule has 1 aliphatic carbocycles. The van der Waals surface area contributed by atoms with Crippen LogP contribution in [-0.4, -0.2) is 16.9 Å². The van der Waals surface area contributed by atoms with Gasteiger partial charge in [-0.25, -0.2) is 0 Å². The minimum absolute atomic E-state index is 0.174. The first-order valence-electron chi connectivity index (χ1n) is 6.42. The van der Waals surface area contributed by atoms with E-state index in [1.54, 1.807) is 6.92 Å². The molecular weight excluding hydrogens is 228 g/mol. The lowest BCUT2D eigenvalue weighted by atomic mass is 9.94.